The smallest absolute Gasteiger partial charge is 0.153 e. The maximum Gasteiger partial charge on any atom is 0.153 e. The zero-order valence-electron chi connectivity index (χ0n) is 11.2. The van der Waals surface area contributed by atoms with Crippen LogP contribution in [-0.2, 0) is 9.84 Å². The van der Waals surface area contributed by atoms with Gasteiger partial charge in [0, 0.05) is 43.8 Å². The summed E-state index contributed by atoms with van der Waals surface area (Å²) in [6.07, 6.45) is 1.58. The van der Waals surface area contributed by atoms with Crippen LogP contribution in [0.2, 0.25) is 0 Å². The molecule has 0 unspecified atom stereocenters. The first-order valence-corrected chi connectivity index (χ1v) is 9.72. The Labute approximate surface area is 123 Å². The van der Waals surface area contributed by atoms with E-state index < -0.39 is 9.84 Å². The van der Waals surface area contributed by atoms with Gasteiger partial charge in [0.05, 0.1) is 11.5 Å². The predicted molar refractivity (Wildman–Crippen MR) is 82.4 cm³/mol. The molecule has 110 valence electrons. The second-order valence-corrected chi connectivity index (χ2v) is 8.50. The van der Waals surface area contributed by atoms with E-state index in [-0.39, 0.29) is 11.5 Å². The van der Waals surface area contributed by atoms with Crippen molar-refractivity contribution in [3.63, 3.8) is 0 Å². The van der Waals surface area contributed by atoms with Crippen molar-refractivity contribution in [1.29, 1.82) is 0 Å². The van der Waals surface area contributed by atoms with Gasteiger partial charge in [0.25, 0.3) is 0 Å². The number of sulfone groups is 1. The van der Waals surface area contributed by atoms with Gasteiger partial charge in [-0.15, -0.1) is 0 Å². The van der Waals surface area contributed by atoms with Crippen molar-refractivity contribution in [3.05, 3.63) is 12.4 Å². The maximum atomic E-state index is 11.5. The molecule has 3 rings (SSSR count). The minimum absolute atomic E-state index is 0.215. The van der Waals surface area contributed by atoms with E-state index in [9.17, 15) is 8.42 Å². The molecule has 0 amide bonds. The van der Waals surface area contributed by atoms with Crippen molar-refractivity contribution in [2.45, 2.75) is 0 Å². The highest BCUT2D eigenvalue weighted by Gasteiger charge is 2.23. The van der Waals surface area contributed by atoms with Gasteiger partial charge in [-0.2, -0.15) is 11.8 Å². The Morgan fingerprint density at radius 3 is 2.10 bits per heavy atom. The minimum Gasteiger partial charge on any atom is -0.355 e. The van der Waals surface area contributed by atoms with E-state index >= 15 is 0 Å². The van der Waals surface area contributed by atoms with Crippen molar-refractivity contribution < 1.29 is 8.42 Å². The van der Waals surface area contributed by atoms with E-state index in [1.54, 1.807) is 6.33 Å². The number of nitrogens with zero attached hydrogens (tertiary/aromatic N) is 4. The molecule has 3 heterocycles. The summed E-state index contributed by atoms with van der Waals surface area (Å²) in [5.74, 6) is 4.47. The summed E-state index contributed by atoms with van der Waals surface area (Å²) in [6, 6.07) is 1.98. The molecule has 1 aromatic rings. The first-order valence-electron chi connectivity index (χ1n) is 6.74. The molecule has 2 saturated heterocycles. The molecule has 1 aromatic heterocycles. The molecule has 0 aliphatic carbocycles. The Balaban J connectivity index is 1.74. The third-order valence-corrected chi connectivity index (χ3v) is 6.19. The molecule has 0 atom stereocenters. The van der Waals surface area contributed by atoms with Gasteiger partial charge in [-0.05, 0) is 0 Å². The summed E-state index contributed by atoms with van der Waals surface area (Å²) in [7, 11) is -2.85. The van der Waals surface area contributed by atoms with Crippen molar-refractivity contribution in [2.75, 3.05) is 59.0 Å². The van der Waals surface area contributed by atoms with Gasteiger partial charge in [-0.25, -0.2) is 18.4 Å². The minimum atomic E-state index is -2.85. The first-order chi connectivity index (χ1) is 9.64. The van der Waals surface area contributed by atoms with Crippen LogP contribution in [0.5, 0.6) is 0 Å². The van der Waals surface area contributed by atoms with Crippen LogP contribution in [0.4, 0.5) is 11.6 Å². The number of thioether (sulfide) groups is 1. The quantitative estimate of drug-likeness (QED) is 0.776. The van der Waals surface area contributed by atoms with Gasteiger partial charge < -0.3 is 9.80 Å². The van der Waals surface area contributed by atoms with Gasteiger partial charge in [-0.3, -0.25) is 0 Å². The Morgan fingerprint density at radius 1 is 0.950 bits per heavy atom. The SMILES string of the molecule is O=S1(=O)CCN(c2cc(N3CCSCC3)ncn2)CC1. The summed E-state index contributed by atoms with van der Waals surface area (Å²) in [6.45, 7) is 3.06. The maximum absolute atomic E-state index is 11.5. The Kier molecular flexibility index (Phi) is 4.02. The Hall–Kier alpha value is -1.02. The molecule has 2 fully saturated rings. The summed E-state index contributed by atoms with van der Waals surface area (Å²) < 4.78 is 22.9. The van der Waals surface area contributed by atoms with Crippen molar-refractivity contribution in [2.24, 2.45) is 0 Å². The monoisotopic (exact) mass is 314 g/mol. The van der Waals surface area contributed by atoms with Crippen LogP contribution in [0, 0.1) is 0 Å². The average molecular weight is 314 g/mol. The summed E-state index contributed by atoms with van der Waals surface area (Å²) in [4.78, 5) is 12.9. The molecule has 2 aliphatic heterocycles. The normalized spacial score (nSPS) is 22.8. The van der Waals surface area contributed by atoms with Crippen LogP contribution in [0.1, 0.15) is 0 Å². The molecule has 0 spiro atoms. The number of anilines is 2. The highest BCUT2D eigenvalue weighted by atomic mass is 32.2. The number of hydrogen-bond donors (Lipinski definition) is 0. The van der Waals surface area contributed by atoms with E-state index in [0.29, 0.717) is 13.1 Å². The second-order valence-electron chi connectivity index (χ2n) is 4.97. The molecule has 8 heteroatoms. The van der Waals surface area contributed by atoms with Crippen LogP contribution in [0.3, 0.4) is 0 Å². The fraction of sp³-hybridized carbons (Fsp3) is 0.667. The second kappa shape index (κ2) is 5.77. The molecule has 0 N–H and O–H groups in total. The predicted octanol–water partition coefficient (Wildman–Crippen LogP) is 0.265. The van der Waals surface area contributed by atoms with Crippen LogP contribution >= 0.6 is 11.8 Å². The lowest BCUT2D eigenvalue weighted by Gasteiger charge is -2.30. The fourth-order valence-electron chi connectivity index (χ4n) is 2.42. The molecule has 0 radical (unpaired) electrons. The van der Waals surface area contributed by atoms with Crippen molar-refractivity contribution in [1.82, 2.24) is 9.97 Å². The summed E-state index contributed by atoms with van der Waals surface area (Å²) in [5.41, 5.74) is 0. The van der Waals surface area contributed by atoms with E-state index in [2.05, 4.69) is 14.9 Å². The van der Waals surface area contributed by atoms with Gasteiger partial charge in [-0.1, -0.05) is 0 Å². The topological polar surface area (TPSA) is 66.4 Å². The zero-order valence-corrected chi connectivity index (χ0v) is 12.9. The van der Waals surface area contributed by atoms with Crippen LogP contribution < -0.4 is 9.80 Å². The Morgan fingerprint density at radius 2 is 1.50 bits per heavy atom. The van der Waals surface area contributed by atoms with Crippen LogP contribution in [-0.4, -0.2) is 67.6 Å². The summed E-state index contributed by atoms with van der Waals surface area (Å²) in [5, 5.41) is 0. The molecule has 20 heavy (non-hydrogen) atoms. The molecular formula is C12H18N4O2S2. The third kappa shape index (κ3) is 3.17. The first kappa shape index (κ1) is 13.9. The van der Waals surface area contributed by atoms with E-state index in [4.69, 9.17) is 0 Å². The lowest BCUT2D eigenvalue weighted by Crippen LogP contribution is -2.41. The highest BCUT2D eigenvalue weighted by molar-refractivity contribution is 7.99. The van der Waals surface area contributed by atoms with Gasteiger partial charge in [0.1, 0.15) is 18.0 Å². The largest absolute Gasteiger partial charge is 0.355 e. The molecule has 2 aliphatic rings. The number of aromatic nitrogens is 2. The molecular weight excluding hydrogens is 296 g/mol. The van der Waals surface area contributed by atoms with Gasteiger partial charge in [0.2, 0.25) is 0 Å². The van der Waals surface area contributed by atoms with Crippen molar-refractivity contribution >= 4 is 33.2 Å². The zero-order chi connectivity index (χ0) is 14.0. The van der Waals surface area contributed by atoms with Crippen LogP contribution in [0.25, 0.3) is 0 Å². The third-order valence-electron chi connectivity index (χ3n) is 3.64. The van der Waals surface area contributed by atoms with E-state index in [1.807, 2.05) is 22.7 Å². The molecule has 0 saturated carbocycles. The van der Waals surface area contributed by atoms with Crippen molar-refractivity contribution in [3.8, 4) is 0 Å². The highest BCUT2D eigenvalue weighted by Crippen LogP contribution is 2.21. The standard InChI is InChI=1S/C12H18N4O2S2/c17-20(18)7-3-16(4-8-20)12-9-11(13-10-14-12)15-1-5-19-6-2-15/h9-10H,1-8H2. The molecule has 6 nitrogen and oxygen atoms in total. The number of hydrogen-bond acceptors (Lipinski definition) is 7. The fourth-order valence-corrected chi connectivity index (χ4v) is 4.52. The average Bonchev–Trinajstić information content (AvgIpc) is 2.48. The van der Waals surface area contributed by atoms with Gasteiger partial charge >= 0.3 is 0 Å². The Bertz CT molecular complexity index is 559. The summed E-state index contributed by atoms with van der Waals surface area (Å²) >= 11 is 1.96. The number of rotatable bonds is 2. The molecule has 0 bridgehead atoms. The van der Waals surface area contributed by atoms with Gasteiger partial charge in [0.15, 0.2) is 9.84 Å². The lowest BCUT2D eigenvalue weighted by atomic mass is 10.4. The van der Waals surface area contributed by atoms with Crippen LogP contribution in [0.15, 0.2) is 12.4 Å². The molecule has 0 aromatic carbocycles. The van der Waals surface area contributed by atoms with E-state index in [1.165, 1.54) is 0 Å². The lowest BCUT2D eigenvalue weighted by molar-refractivity contribution is 0.586. The van der Waals surface area contributed by atoms with E-state index in [0.717, 1.165) is 36.2 Å².